The van der Waals surface area contributed by atoms with Gasteiger partial charge < -0.3 is 16.0 Å². The van der Waals surface area contributed by atoms with Gasteiger partial charge in [0.25, 0.3) is 0 Å². The molecule has 0 unspecified atom stereocenters. The summed E-state index contributed by atoms with van der Waals surface area (Å²) in [5.74, 6) is 0.593. The third-order valence-electron chi connectivity index (χ3n) is 3.44. The second-order valence-corrected chi connectivity index (χ2v) is 4.82. The smallest absolute Gasteiger partial charge is 0.188 e. The van der Waals surface area contributed by atoms with Crippen molar-refractivity contribution in [3.05, 3.63) is 0 Å². The largest absolute Gasteiger partial charge is 0.370 e. The van der Waals surface area contributed by atoms with Crippen LogP contribution in [-0.2, 0) is 0 Å². The van der Waals surface area contributed by atoms with Crippen molar-refractivity contribution in [1.29, 1.82) is 0 Å². The fourth-order valence-corrected chi connectivity index (χ4v) is 2.08. The first-order valence-corrected chi connectivity index (χ1v) is 7.24. The molecule has 0 aromatic carbocycles. The third-order valence-corrected chi connectivity index (χ3v) is 3.44. The van der Waals surface area contributed by atoms with Crippen LogP contribution < -0.4 is 11.1 Å². The molecule has 5 nitrogen and oxygen atoms in total. The summed E-state index contributed by atoms with van der Waals surface area (Å²) in [7, 11) is 0. The molecule has 0 aromatic heterocycles. The third kappa shape index (κ3) is 6.21. The van der Waals surface area contributed by atoms with Crippen LogP contribution in [0.15, 0.2) is 4.99 Å². The van der Waals surface area contributed by atoms with Gasteiger partial charge in [-0.1, -0.05) is 20.3 Å². The number of aliphatic imine (C=N–C) groups is 1. The molecule has 0 aliphatic carbocycles. The number of nitrogens with two attached hydrogens (primary N) is 1. The lowest BCUT2D eigenvalue weighted by Crippen LogP contribution is -2.48. The molecule has 106 valence electrons. The summed E-state index contributed by atoms with van der Waals surface area (Å²) in [6.45, 7) is 13.1. The minimum absolute atomic E-state index is 0.593. The van der Waals surface area contributed by atoms with E-state index < -0.39 is 0 Å². The van der Waals surface area contributed by atoms with Crippen molar-refractivity contribution in [1.82, 2.24) is 15.1 Å². The number of piperazine rings is 1. The fourth-order valence-electron chi connectivity index (χ4n) is 2.08. The molecule has 0 aromatic rings. The number of hydrogen-bond donors (Lipinski definition) is 2. The number of nitrogens with zero attached hydrogens (tertiary/aromatic N) is 3. The van der Waals surface area contributed by atoms with Crippen LogP contribution in [0.5, 0.6) is 0 Å². The first-order chi connectivity index (χ1) is 8.76. The Bertz CT molecular complexity index is 234. The van der Waals surface area contributed by atoms with Crippen LogP contribution in [0.1, 0.15) is 26.7 Å². The molecule has 0 saturated carbocycles. The number of likely N-dealkylation sites (N-methyl/N-ethyl adjacent to an activating group) is 1. The first-order valence-electron chi connectivity index (χ1n) is 7.24. The molecule has 0 bridgehead atoms. The Balaban J connectivity index is 2.05. The Morgan fingerprint density at radius 1 is 1.17 bits per heavy atom. The standard InChI is InChI=1S/C13H29N5/c1-3-5-6-15-13(14)16-7-8-18-11-9-17(4-2)10-12-18/h3-12H2,1-2H3,(H3,14,15,16). The predicted octanol–water partition coefficient (Wildman–Crippen LogP) is 0.328. The van der Waals surface area contributed by atoms with Crippen LogP contribution in [0.2, 0.25) is 0 Å². The topological polar surface area (TPSA) is 56.9 Å². The van der Waals surface area contributed by atoms with E-state index in [9.17, 15) is 0 Å². The van der Waals surface area contributed by atoms with Gasteiger partial charge in [-0.2, -0.15) is 0 Å². The summed E-state index contributed by atoms with van der Waals surface area (Å²) >= 11 is 0. The Kier molecular flexibility index (Phi) is 7.76. The number of unbranched alkanes of at least 4 members (excludes halogenated alkanes) is 1. The molecule has 3 N–H and O–H groups in total. The van der Waals surface area contributed by atoms with Gasteiger partial charge in [-0.15, -0.1) is 0 Å². The molecular formula is C13H29N5. The van der Waals surface area contributed by atoms with Crippen LogP contribution in [0, 0.1) is 0 Å². The van der Waals surface area contributed by atoms with Crippen molar-refractivity contribution in [3.8, 4) is 0 Å². The Hall–Kier alpha value is -0.810. The van der Waals surface area contributed by atoms with Crippen molar-refractivity contribution in [2.45, 2.75) is 26.7 Å². The SMILES string of the molecule is CCCCN=C(N)NCCN1CCN(CC)CC1. The van der Waals surface area contributed by atoms with Gasteiger partial charge in [0, 0.05) is 45.8 Å². The van der Waals surface area contributed by atoms with Gasteiger partial charge in [-0.3, -0.25) is 9.89 Å². The molecule has 1 rings (SSSR count). The number of nitrogens with one attached hydrogen (secondary N) is 1. The van der Waals surface area contributed by atoms with E-state index in [4.69, 9.17) is 5.73 Å². The average Bonchev–Trinajstić information content (AvgIpc) is 2.40. The second kappa shape index (κ2) is 9.16. The van der Waals surface area contributed by atoms with Gasteiger partial charge in [0.1, 0.15) is 0 Å². The summed E-state index contributed by atoms with van der Waals surface area (Å²) in [5, 5.41) is 3.19. The molecule has 18 heavy (non-hydrogen) atoms. The average molecular weight is 255 g/mol. The van der Waals surface area contributed by atoms with Gasteiger partial charge in [0.05, 0.1) is 0 Å². The molecule has 1 heterocycles. The fraction of sp³-hybridized carbons (Fsp3) is 0.923. The minimum atomic E-state index is 0.593. The van der Waals surface area contributed by atoms with Gasteiger partial charge in [0.15, 0.2) is 5.96 Å². The van der Waals surface area contributed by atoms with Crippen LogP contribution in [0.25, 0.3) is 0 Å². The Morgan fingerprint density at radius 3 is 2.44 bits per heavy atom. The Labute approximate surface area is 111 Å². The zero-order chi connectivity index (χ0) is 13.2. The number of guanidine groups is 1. The number of rotatable bonds is 7. The molecule has 5 heteroatoms. The van der Waals surface area contributed by atoms with Gasteiger partial charge >= 0.3 is 0 Å². The van der Waals surface area contributed by atoms with Crippen LogP contribution in [0.4, 0.5) is 0 Å². The highest BCUT2D eigenvalue weighted by atomic mass is 15.3. The van der Waals surface area contributed by atoms with Gasteiger partial charge in [0.2, 0.25) is 0 Å². The Morgan fingerprint density at radius 2 is 1.83 bits per heavy atom. The maximum atomic E-state index is 5.79. The molecule has 0 atom stereocenters. The van der Waals surface area contributed by atoms with E-state index in [0.29, 0.717) is 5.96 Å². The summed E-state index contributed by atoms with van der Waals surface area (Å²) < 4.78 is 0. The van der Waals surface area contributed by atoms with Crippen molar-refractivity contribution in [3.63, 3.8) is 0 Å². The lowest BCUT2D eigenvalue weighted by atomic mass is 10.3. The molecule has 0 radical (unpaired) electrons. The second-order valence-electron chi connectivity index (χ2n) is 4.82. The normalized spacial score (nSPS) is 19.1. The van der Waals surface area contributed by atoms with Crippen molar-refractivity contribution >= 4 is 5.96 Å². The first kappa shape index (κ1) is 15.2. The summed E-state index contributed by atoms with van der Waals surface area (Å²) in [6, 6.07) is 0. The van der Waals surface area contributed by atoms with Crippen molar-refractivity contribution in [2.24, 2.45) is 10.7 Å². The minimum Gasteiger partial charge on any atom is -0.370 e. The van der Waals surface area contributed by atoms with Gasteiger partial charge in [-0.05, 0) is 13.0 Å². The van der Waals surface area contributed by atoms with Crippen molar-refractivity contribution < 1.29 is 0 Å². The van der Waals surface area contributed by atoms with E-state index in [-0.39, 0.29) is 0 Å². The van der Waals surface area contributed by atoms with E-state index >= 15 is 0 Å². The molecule has 1 fully saturated rings. The molecule has 1 aliphatic rings. The van der Waals surface area contributed by atoms with E-state index in [1.165, 1.54) is 39.1 Å². The highest BCUT2D eigenvalue weighted by Gasteiger charge is 2.14. The highest BCUT2D eigenvalue weighted by Crippen LogP contribution is 1.99. The zero-order valence-corrected chi connectivity index (χ0v) is 12.0. The zero-order valence-electron chi connectivity index (χ0n) is 12.0. The van der Waals surface area contributed by atoms with E-state index in [1.54, 1.807) is 0 Å². The highest BCUT2D eigenvalue weighted by molar-refractivity contribution is 5.77. The van der Waals surface area contributed by atoms with Crippen LogP contribution >= 0.6 is 0 Å². The maximum Gasteiger partial charge on any atom is 0.188 e. The van der Waals surface area contributed by atoms with Crippen molar-refractivity contribution in [2.75, 3.05) is 52.4 Å². The molecule has 1 saturated heterocycles. The monoisotopic (exact) mass is 255 g/mol. The van der Waals surface area contributed by atoms with Gasteiger partial charge in [-0.25, -0.2) is 0 Å². The summed E-state index contributed by atoms with van der Waals surface area (Å²) in [4.78, 5) is 9.25. The van der Waals surface area contributed by atoms with E-state index in [0.717, 1.165) is 26.1 Å². The molecule has 0 spiro atoms. The van der Waals surface area contributed by atoms with Crippen LogP contribution in [0.3, 0.4) is 0 Å². The number of hydrogen-bond acceptors (Lipinski definition) is 3. The van der Waals surface area contributed by atoms with Crippen LogP contribution in [-0.4, -0.2) is 68.1 Å². The molecular weight excluding hydrogens is 226 g/mol. The summed E-state index contributed by atoms with van der Waals surface area (Å²) in [5.41, 5.74) is 5.79. The maximum absolute atomic E-state index is 5.79. The van der Waals surface area contributed by atoms with E-state index in [1.807, 2.05) is 0 Å². The lowest BCUT2D eigenvalue weighted by molar-refractivity contribution is 0.139. The molecule has 1 aliphatic heterocycles. The summed E-state index contributed by atoms with van der Waals surface area (Å²) in [6.07, 6.45) is 2.28. The lowest BCUT2D eigenvalue weighted by Gasteiger charge is -2.33. The quantitative estimate of drug-likeness (QED) is 0.391. The molecule has 0 amide bonds. The predicted molar refractivity (Wildman–Crippen MR) is 78.0 cm³/mol. The van der Waals surface area contributed by atoms with E-state index in [2.05, 4.69) is 34.0 Å².